The summed E-state index contributed by atoms with van der Waals surface area (Å²) in [5.74, 6) is -0.640. The van der Waals surface area contributed by atoms with Gasteiger partial charge in [0.25, 0.3) is 0 Å². The molecule has 1 amide bonds. The highest BCUT2D eigenvalue weighted by Gasteiger charge is 2.69. The van der Waals surface area contributed by atoms with Crippen LogP contribution < -0.4 is 5.73 Å². The molecule has 2 fully saturated rings. The Morgan fingerprint density at radius 3 is 2.45 bits per heavy atom. The van der Waals surface area contributed by atoms with Gasteiger partial charge in [-0.2, -0.15) is 0 Å². The Labute approximate surface area is 126 Å². The summed E-state index contributed by atoms with van der Waals surface area (Å²) >= 11 is 0. The molecular formula is C14H25ClN2O3. The van der Waals surface area contributed by atoms with E-state index < -0.39 is 18.1 Å². The number of aliphatic carboxylic acids is 1. The van der Waals surface area contributed by atoms with Crippen molar-refractivity contribution in [3.05, 3.63) is 0 Å². The summed E-state index contributed by atoms with van der Waals surface area (Å²) in [6, 6.07) is -1.28. The fourth-order valence-electron chi connectivity index (χ4n) is 3.48. The average Bonchev–Trinajstić information content (AvgIpc) is 2.77. The van der Waals surface area contributed by atoms with E-state index in [9.17, 15) is 14.7 Å². The lowest BCUT2D eigenvalue weighted by Crippen LogP contribution is -2.53. The second kappa shape index (κ2) is 5.53. The molecule has 0 aromatic heterocycles. The van der Waals surface area contributed by atoms with Gasteiger partial charge in [-0.1, -0.05) is 34.1 Å². The van der Waals surface area contributed by atoms with E-state index in [0.29, 0.717) is 12.5 Å². The number of carbonyl (C=O) groups excluding carboxylic acids is 1. The van der Waals surface area contributed by atoms with Crippen molar-refractivity contribution in [1.29, 1.82) is 0 Å². The number of carboxylic acid groups (broad SMARTS) is 1. The van der Waals surface area contributed by atoms with Gasteiger partial charge >= 0.3 is 5.97 Å². The van der Waals surface area contributed by atoms with Gasteiger partial charge in [-0.25, -0.2) is 4.79 Å². The van der Waals surface area contributed by atoms with Crippen LogP contribution in [-0.2, 0) is 9.59 Å². The highest BCUT2D eigenvalue weighted by Crippen LogP contribution is 2.64. The summed E-state index contributed by atoms with van der Waals surface area (Å²) in [5, 5.41) is 9.40. The van der Waals surface area contributed by atoms with Gasteiger partial charge in [-0.15, -0.1) is 12.4 Å². The summed E-state index contributed by atoms with van der Waals surface area (Å²) in [6.07, 6.45) is 0.816. The van der Waals surface area contributed by atoms with Crippen LogP contribution in [0.5, 0.6) is 0 Å². The van der Waals surface area contributed by atoms with Crippen molar-refractivity contribution in [1.82, 2.24) is 4.90 Å². The van der Waals surface area contributed by atoms with Crippen LogP contribution >= 0.6 is 12.4 Å². The number of likely N-dealkylation sites (tertiary alicyclic amines) is 1. The first kappa shape index (κ1) is 17.2. The van der Waals surface area contributed by atoms with Crippen LogP contribution in [-0.4, -0.2) is 40.5 Å². The predicted octanol–water partition coefficient (Wildman–Crippen LogP) is 1.35. The maximum Gasteiger partial charge on any atom is 0.326 e. The number of piperidine rings is 1. The quantitative estimate of drug-likeness (QED) is 0.821. The van der Waals surface area contributed by atoms with E-state index in [1.807, 2.05) is 13.8 Å². The zero-order valence-electron chi connectivity index (χ0n) is 12.5. The van der Waals surface area contributed by atoms with Crippen LogP contribution in [0.4, 0.5) is 0 Å². The molecule has 1 heterocycles. The average molecular weight is 305 g/mol. The van der Waals surface area contributed by atoms with Gasteiger partial charge in [0.1, 0.15) is 6.04 Å². The third kappa shape index (κ3) is 2.42. The monoisotopic (exact) mass is 304 g/mol. The molecule has 0 aromatic carbocycles. The van der Waals surface area contributed by atoms with E-state index in [4.69, 9.17) is 5.73 Å². The minimum atomic E-state index is -0.900. The largest absolute Gasteiger partial charge is 0.480 e. The lowest BCUT2D eigenvalue weighted by molar-refractivity contribution is -0.151. The summed E-state index contributed by atoms with van der Waals surface area (Å²) < 4.78 is 0. The third-order valence-corrected chi connectivity index (χ3v) is 5.29. The van der Waals surface area contributed by atoms with Gasteiger partial charge in [0.15, 0.2) is 0 Å². The summed E-state index contributed by atoms with van der Waals surface area (Å²) in [6.45, 7) is 8.61. The van der Waals surface area contributed by atoms with Gasteiger partial charge in [-0.05, 0) is 17.3 Å². The number of hydrogen-bond acceptors (Lipinski definition) is 3. The molecule has 0 bridgehead atoms. The van der Waals surface area contributed by atoms with Crippen LogP contribution in [0.1, 0.15) is 34.1 Å². The van der Waals surface area contributed by atoms with Crippen molar-refractivity contribution in [3.8, 4) is 0 Å². The number of rotatable bonds is 4. The van der Waals surface area contributed by atoms with E-state index in [1.165, 1.54) is 4.90 Å². The number of halogens is 1. The smallest absolute Gasteiger partial charge is 0.326 e. The fourth-order valence-corrected chi connectivity index (χ4v) is 3.48. The van der Waals surface area contributed by atoms with Gasteiger partial charge in [0.2, 0.25) is 5.91 Å². The Morgan fingerprint density at radius 1 is 1.45 bits per heavy atom. The van der Waals surface area contributed by atoms with E-state index >= 15 is 0 Å². The zero-order valence-corrected chi connectivity index (χ0v) is 13.3. The Bertz CT molecular complexity index is 413. The molecule has 116 valence electrons. The Kier molecular flexibility index (Phi) is 4.76. The highest BCUT2D eigenvalue weighted by atomic mass is 35.5. The summed E-state index contributed by atoms with van der Waals surface area (Å²) in [4.78, 5) is 25.3. The van der Waals surface area contributed by atoms with Crippen molar-refractivity contribution in [2.24, 2.45) is 28.9 Å². The third-order valence-electron chi connectivity index (χ3n) is 5.29. The molecule has 1 aliphatic carbocycles. The number of amides is 1. The molecule has 5 nitrogen and oxygen atoms in total. The molecule has 2 rings (SSSR count). The van der Waals surface area contributed by atoms with Gasteiger partial charge < -0.3 is 15.7 Å². The van der Waals surface area contributed by atoms with E-state index in [2.05, 4.69) is 13.8 Å². The molecule has 0 spiro atoms. The van der Waals surface area contributed by atoms with Gasteiger partial charge in [-0.3, -0.25) is 4.79 Å². The molecule has 3 N–H and O–H groups in total. The van der Waals surface area contributed by atoms with E-state index in [1.54, 1.807) is 0 Å². The van der Waals surface area contributed by atoms with Crippen LogP contribution in [0.15, 0.2) is 0 Å². The lowest BCUT2D eigenvalue weighted by Gasteiger charge is -2.31. The molecule has 2 aliphatic rings. The normalized spacial score (nSPS) is 32.9. The number of carbonyl (C=O) groups is 2. The molecule has 20 heavy (non-hydrogen) atoms. The Hall–Kier alpha value is -0.810. The first-order valence-electron chi connectivity index (χ1n) is 7.02. The lowest BCUT2D eigenvalue weighted by atomic mass is 9.96. The Morgan fingerprint density at radius 2 is 2.00 bits per heavy atom. The maximum absolute atomic E-state index is 12.4. The Balaban J connectivity index is 0.00000200. The molecule has 1 aliphatic heterocycles. The molecule has 1 saturated heterocycles. The number of nitrogens with zero attached hydrogens (tertiary/aromatic N) is 1. The van der Waals surface area contributed by atoms with Crippen molar-refractivity contribution in [2.75, 3.05) is 6.54 Å². The van der Waals surface area contributed by atoms with E-state index in [-0.39, 0.29) is 35.6 Å². The standard InChI is InChI=1S/C14H24N2O3.ClH/c1-5-7(2)10(15)12(17)16-6-8-9(14(8,3)4)11(16)13(18)19;/h7-11H,5-6,15H2,1-4H3,(H,18,19);1H/t7-,8+,9+,10+,11+;/m1./s1. The SMILES string of the molecule is CC[C@@H](C)[C@H](N)C(=O)N1C[C@H]2[C@@H]([C@H]1C(=O)O)C2(C)C.Cl. The topological polar surface area (TPSA) is 83.6 Å². The zero-order chi connectivity index (χ0) is 14.5. The van der Waals surface area contributed by atoms with Crippen LogP contribution in [0.25, 0.3) is 0 Å². The van der Waals surface area contributed by atoms with Crippen molar-refractivity contribution >= 4 is 24.3 Å². The molecule has 0 aromatic rings. The minimum absolute atomic E-state index is 0. The second-order valence-electron chi connectivity index (χ2n) is 6.64. The second-order valence-corrected chi connectivity index (χ2v) is 6.64. The first-order valence-corrected chi connectivity index (χ1v) is 7.02. The van der Waals surface area contributed by atoms with Crippen molar-refractivity contribution < 1.29 is 14.7 Å². The van der Waals surface area contributed by atoms with E-state index in [0.717, 1.165) is 6.42 Å². The number of hydrogen-bond donors (Lipinski definition) is 2. The summed E-state index contributed by atoms with van der Waals surface area (Å²) in [7, 11) is 0. The maximum atomic E-state index is 12.4. The minimum Gasteiger partial charge on any atom is -0.480 e. The molecule has 6 heteroatoms. The van der Waals surface area contributed by atoms with Gasteiger partial charge in [0.05, 0.1) is 6.04 Å². The van der Waals surface area contributed by atoms with Crippen LogP contribution in [0, 0.1) is 23.2 Å². The number of fused-ring (bicyclic) bond motifs is 1. The summed E-state index contributed by atoms with van der Waals surface area (Å²) in [5.41, 5.74) is 6.00. The number of carboxylic acids is 1. The van der Waals surface area contributed by atoms with Gasteiger partial charge in [0, 0.05) is 12.5 Å². The molecule has 1 saturated carbocycles. The molecular weight excluding hydrogens is 280 g/mol. The van der Waals surface area contributed by atoms with Crippen LogP contribution in [0.3, 0.4) is 0 Å². The predicted molar refractivity (Wildman–Crippen MR) is 78.6 cm³/mol. The molecule has 0 unspecified atom stereocenters. The highest BCUT2D eigenvalue weighted by molar-refractivity contribution is 5.88. The molecule has 0 radical (unpaired) electrons. The van der Waals surface area contributed by atoms with Crippen molar-refractivity contribution in [3.63, 3.8) is 0 Å². The first-order chi connectivity index (χ1) is 8.73. The number of nitrogens with two attached hydrogens (primary N) is 1. The molecule has 5 atom stereocenters. The fraction of sp³-hybridized carbons (Fsp3) is 0.857. The van der Waals surface area contributed by atoms with Crippen molar-refractivity contribution in [2.45, 2.75) is 46.2 Å². The van der Waals surface area contributed by atoms with Crippen LogP contribution in [0.2, 0.25) is 0 Å².